The van der Waals surface area contributed by atoms with Gasteiger partial charge in [0.2, 0.25) is 0 Å². The molecule has 1 rings (SSSR count). The average Bonchev–Trinajstić information content (AvgIpc) is 2.58. The zero-order valence-electron chi connectivity index (χ0n) is 13.6. The Balaban J connectivity index is 2.71. The van der Waals surface area contributed by atoms with Crippen molar-refractivity contribution in [2.45, 2.75) is 18.9 Å². The van der Waals surface area contributed by atoms with E-state index in [1.165, 1.54) is 24.3 Å². The first kappa shape index (κ1) is 20.4. The smallest absolute Gasteiger partial charge is 0.323 e. The van der Waals surface area contributed by atoms with Gasteiger partial charge in [0.25, 0.3) is 5.91 Å². The molecule has 0 radical (unpaired) electrons. The first-order valence-electron chi connectivity index (χ1n) is 7.63. The van der Waals surface area contributed by atoms with Crippen molar-refractivity contribution in [2.24, 2.45) is 5.73 Å². The monoisotopic (exact) mass is 356 g/mol. The van der Waals surface area contributed by atoms with Gasteiger partial charge in [-0.2, -0.15) is 0 Å². The summed E-state index contributed by atoms with van der Waals surface area (Å²) in [4.78, 5) is 35.2. The van der Waals surface area contributed by atoms with Gasteiger partial charge in [-0.1, -0.05) is 0 Å². The van der Waals surface area contributed by atoms with Gasteiger partial charge in [0.1, 0.15) is 31.6 Å². The minimum Gasteiger partial charge on any atom is -0.491 e. The Morgan fingerprint density at radius 2 is 1.84 bits per heavy atom. The van der Waals surface area contributed by atoms with E-state index < -0.39 is 37.1 Å². The summed E-state index contributed by atoms with van der Waals surface area (Å²) in [6.45, 7) is -1.18. The number of halogens is 1. The van der Waals surface area contributed by atoms with E-state index in [0.29, 0.717) is 5.75 Å². The fourth-order valence-electron chi connectivity index (χ4n) is 2.07. The van der Waals surface area contributed by atoms with Crippen LogP contribution in [0.25, 0.3) is 0 Å². The molecule has 1 aromatic rings. The highest BCUT2D eigenvalue weighted by Crippen LogP contribution is 2.14. The fourth-order valence-corrected chi connectivity index (χ4v) is 2.07. The van der Waals surface area contributed by atoms with Crippen LogP contribution in [0, 0.1) is 0 Å². The second-order valence-corrected chi connectivity index (χ2v) is 5.27. The molecular formula is C16H21FN2O6. The van der Waals surface area contributed by atoms with Gasteiger partial charge in [-0.25, -0.2) is 4.39 Å². The van der Waals surface area contributed by atoms with Crippen LogP contribution in [0.1, 0.15) is 23.2 Å². The molecule has 0 unspecified atom stereocenters. The van der Waals surface area contributed by atoms with Gasteiger partial charge in [-0.15, -0.1) is 0 Å². The molecule has 1 aromatic carbocycles. The predicted molar refractivity (Wildman–Crippen MR) is 86.3 cm³/mol. The van der Waals surface area contributed by atoms with E-state index in [1.54, 1.807) is 0 Å². The fraction of sp³-hybridized carbons (Fsp3) is 0.438. The van der Waals surface area contributed by atoms with Crippen LogP contribution in [-0.4, -0.2) is 65.4 Å². The molecule has 0 aliphatic carbocycles. The van der Waals surface area contributed by atoms with Crippen molar-refractivity contribution in [3.63, 3.8) is 0 Å². The van der Waals surface area contributed by atoms with Crippen LogP contribution in [0.5, 0.6) is 5.75 Å². The SMILES string of the molecule is N[C@@H](CCCN(CC(=O)O)C(=O)c1ccc(OCCF)cc1)C(=O)O. The van der Waals surface area contributed by atoms with Gasteiger partial charge in [-0.3, -0.25) is 14.4 Å². The lowest BCUT2D eigenvalue weighted by Gasteiger charge is -2.21. The lowest BCUT2D eigenvalue weighted by atomic mass is 10.1. The van der Waals surface area contributed by atoms with E-state index in [9.17, 15) is 18.8 Å². The Morgan fingerprint density at radius 1 is 1.20 bits per heavy atom. The minimum atomic E-state index is -1.18. The molecule has 138 valence electrons. The Labute approximate surface area is 144 Å². The van der Waals surface area contributed by atoms with E-state index in [1.807, 2.05) is 0 Å². The second-order valence-electron chi connectivity index (χ2n) is 5.27. The number of rotatable bonds is 11. The molecule has 1 atom stereocenters. The van der Waals surface area contributed by atoms with Crippen LogP contribution in [0.2, 0.25) is 0 Å². The highest BCUT2D eigenvalue weighted by atomic mass is 19.1. The Hall–Kier alpha value is -2.68. The van der Waals surface area contributed by atoms with E-state index in [-0.39, 0.29) is 31.6 Å². The zero-order valence-corrected chi connectivity index (χ0v) is 13.6. The summed E-state index contributed by atoms with van der Waals surface area (Å²) in [7, 11) is 0. The number of nitrogens with zero attached hydrogens (tertiary/aromatic N) is 1. The maximum Gasteiger partial charge on any atom is 0.323 e. The van der Waals surface area contributed by atoms with Crippen molar-refractivity contribution >= 4 is 17.8 Å². The number of benzene rings is 1. The second kappa shape index (κ2) is 10.2. The molecule has 25 heavy (non-hydrogen) atoms. The van der Waals surface area contributed by atoms with Crippen LogP contribution in [-0.2, 0) is 9.59 Å². The van der Waals surface area contributed by atoms with Crippen LogP contribution in [0.15, 0.2) is 24.3 Å². The summed E-state index contributed by atoms with van der Waals surface area (Å²) in [6, 6.07) is 4.82. The number of aliphatic carboxylic acids is 2. The van der Waals surface area contributed by atoms with Gasteiger partial charge in [0.15, 0.2) is 0 Å². The number of carboxylic acid groups (broad SMARTS) is 2. The standard InChI is InChI=1S/C16H21FN2O6/c17-7-9-25-12-5-3-11(4-6-12)15(22)19(10-14(20)21)8-1-2-13(18)16(23)24/h3-6,13H,1-2,7-10,18H2,(H,20,21)(H,23,24)/t13-/m0/s1. The third-order valence-electron chi connectivity index (χ3n) is 3.32. The highest BCUT2D eigenvalue weighted by Gasteiger charge is 2.19. The van der Waals surface area contributed by atoms with Gasteiger partial charge in [0, 0.05) is 12.1 Å². The van der Waals surface area contributed by atoms with E-state index in [2.05, 4.69) is 0 Å². The first-order valence-corrected chi connectivity index (χ1v) is 7.63. The number of ether oxygens (including phenoxy) is 1. The normalized spacial score (nSPS) is 11.6. The lowest BCUT2D eigenvalue weighted by molar-refractivity contribution is -0.139. The van der Waals surface area contributed by atoms with Crippen LogP contribution >= 0.6 is 0 Å². The lowest BCUT2D eigenvalue weighted by Crippen LogP contribution is -2.37. The third kappa shape index (κ3) is 7.17. The van der Waals surface area contributed by atoms with Crippen molar-refractivity contribution in [1.82, 2.24) is 4.90 Å². The summed E-state index contributed by atoms with van der Waals surface area (Å²) in [5.74, 6) is -2.45. The highest BCUT2D eigenvalue weighted by molar-refractivity contribution is 5.95. The van der Waals surface area contributed by atoms with Crippen molar-refractivity contribution in [3.8, 4) is 5.75 Å². The summed E-state index contributed by atoms with van der Waals surface area (Å²) in [6.07, 6.45) is 0.374. The molecule has 8 nitrogen and oxygen atoms in total. The molecule has 0 heterocycles. The predicted octanol–water partition coefficient (Wildman–Crippen LogP) is 0.754. The van der Waals surface area contributed by atoms with Gasteiger partial charge in [0.05, 0.1) is 0 Å². The maximum atomic E-state index is 12.4. The summed E-state index contributed by atoms with van der Waals surface area (Å²) < 4.78 is 17.1. The third-order valence-corrected chi connectivity index (χ3v) is 3.32. The molecular weight excluding hydrogens is 335 g/mol. The first-order chi connectivity index (χ1) is 11.8. The van der Waals surface area contributed by atoms with Gasteiger partial charge < -0.3 is 25.6 Å². The van der Waals surface area contributed by atoms with Crippen molar-refractivity contribution in [3.05, 3.63) is 29.8 Å². The van der Waals surface area contributed by atoms with Crippen molar-refractivity contribution in [1.29, 1.82) is 0 Å². The summed E-state index contributed by atoms with van der Waals surface area (Å²) in [5.41, 5.74) is 5.63. The number of carbonyl (C=O) groups excluding carboxylic acids is 1. The van der Waals surface area contributed by atoms with E-state index in [0.717, 1.165) is 4.90 Å². The molecule has 9 heteroatoms. The molecule has 0 saturated carbocycles. The zero-order chi connectivity index (χ0) is 18.8. The maximum absolute atomic E-state index is 12.4. The Morgan fingerprint density at radius 3 is 2.36 bits per heavy atom. The van der Waals surface area contributed by atoms with Crippen LogP contribution in [0.4, 0.5) is 4.39 Å². The van der Waals surface area contributed by atoms with Gasteiger partial charge >= 0.3 is 11.9 Å². The molecule has 0 aliphatic rings. The molecule has 0 saturated heterocycles. The quantitative estimate of drug-likeness (QED) is 0.533. The van der Waals surface area contributed by atoms with Crippen molar-refractivity contribution in [2.75, 3.05) is 26.4 Å². The number of nitrogens with two attached hydrogens (primary N) is 1. The summed E-state index contributed by atoms with van der Waals surface area (Å²) >= 11 is 0. The average molecular weight is 356 g/mol. The molecule has 0 aliphatic heterocycles. The van der Waals surface area contributed by atoms with Crippen molar-refractivity contribution < 1.29 is 33.7 Å². The Bertz CT molecular complexity index is 593. The largest absolute Gasteiger partial charge is 0.491 e. The molecule has 1 amide bonds. The summed E-state index contributed by atoms with van der Waals surface area (Å²) in [5, 5.41) is 17.7. The molecule has 0 bridgehead atoms. The molecule has 0 aromatic heterocycles. The molecule has 4 N–H and O–H groups in total. The number of amides is 1. The number of carbonyl (C=O) groups is 3. The number of alkyl halides is 1. The topological polar surface area (TPSA) is 130 Å². The van der Waals surface area contributed by atoms with Gasteiger partial charge in [-0.05, 0) is 37.1 Å². The van der Waals surface area contributed by atoms with E-state index in [4.69, 9.17) is 20.7 Å². The van der Waals surface area contributed by atoms with Crippen LogP contribution in [0.3, 0.4) is 0 Å². The number of carboxylic acids is 2. The number of hydrogen-bond acceptors (Lipinski definition) is 5. The molecule has 0 spiro atoms. The van der Waals surface area contributed by atoms with E-state index >= 15 is 0 Å². The van der Waals surface area contributed by atoms with Crippen LogP contribution < -0.4 is 10.5 Å². The Kier molecular flexibility index (Phi) is 8.34. The number of hydrogen-bond donors (Lipinski definition) is 3. The molecule has 0 fully saturated rings. The minimum absolute atomic E-state index is 0.0617.